The lowest BCUT2D eigenvalue weighted by atomic mass is 10.2. The Hall–Kier alpha value is -2.69. The second-order valence-corrected chi connectivity index (χ2v) is 5.16. The average Bonchev–Trinajstić information content (AvgIpc) is 2.60. The standard InChI is InChI=1S/C18H19NO4/c1-2-21-14-7-5-6-13(10-14)11-19-18(20)17-12-22-15-8-3-4-9-16(15)23-17/h3-10,17H,2,11-12H2,1H3,(H,19,20)/t17-/m1/s1. The van der Waals surface area contributed by atoms with Gasteiger partial charge in [-0.2, -0.15) is 0 Å². The second kappa shape index (κ2) is 7.05. The first kappa shape index (κ1) is 15.2. The maximum Gasteiger partial charge on any atom is 0.264 e. The average molecular weight is 313 g/mol. The Morgan fingerprint density at radius 3 is 2.87 bits per heavy atom. The molecule has 0 aliphatic carbocycles. The van der Waals surface area contributed by atoms with Crippen molar-refractivity contribution in [3.8, 4) is 17.2 Å². The molecule has 1 aliphatic rings. The highest BCUT2D eigenvalue weighted by atomic mass is 16.6. The highest BCUT2D eigenvalue weighted by molar-refractivity contribution is 5.81. The van der Waals surface area contributed by atoms with Gasteiger partial charge in [0, 0.05) is 6.54 Å². The molecular formula is C18H19NO4. The van der Waals surface area contributed by atoms with Crippen molar-refractivity contribution >= 4 is 5.91 Å². The summed E-state index contributed by atoms with van der Waals surface area (Å²) in [6.45, 7) is 3.18. The number of carbonyl (C=O) groups is 1. The van der Waals surface area contributed by atoms with Crippen LogP contribution in [-0.2, 0) is 11.3 Å². The van der Waals surface area contributed by atoms with E-state index < -0.39 is 6.10 Å². The van der Waals surface area contributed by atoms with Gasteiger partial charge in [0.25, 0.3) is 5.91 Å². The molecule has 1 atom stereocenters. The number of rotatable bonds is 5. The van der Waals surface area contributed by atoms with Crippen LogP contribution in [0.5, 0.6) is 17.2 Å². The molecule has 2 aromatic rings. The SMILES string of the molecule is CCOc1cccc(CNC(=O)[C@H]2COc3ccccc3O2)c1. The van der Waals surface area contributed by atoms with E-state index in [0.29, 0.717) is 24.7 Å². The van der Waals surface area contributed by atoms with E-state index in [1.54, 1.807) is 6.07 Å². The lowest BCUT2D eigenvalue weighted by Crippen LogP contribution is -2.43. The molecule has 3 rings (SSSR count). The molecule has 5 heteroatoms. The van der Waals surface area contributed by atoms with Crippen LogP contribution in [-0.4, -0.2) is 25.2 Å². The molecule has 0 aromatic heterocycles. The van der Waals surface area contributed by atoms with Crippen molar-refractivity contribution in [2.24, 2.45) is 0 Å². The summed E-state index contributed by atoms with van der Waals surface area (Å²) in [5.74, 6) is 1.87. The molecule has 0 fully saturated rings. The van der Waals surface area contributed by atoms with Crippen LogP contribution < -0.4 is 19.5 Å². The Morgan fingerprint density at radius 1 is 1.22 bits per heavy atom. The summed E-state index contributed by atoms with van der Waals surface area (Å²) in [6, 6.07) is 15.0. The maximum absolute atomic E-state index is 12.2. The number of fused-ring (bicyclic) bond motifs is 1. The van der Waals surface area contributed by atoms with Crippen molar-refractivity contribution in [2.75, 3.05) is 13.2 Å². The molecule has 2 aromatic carbocycles. The molecule has 0 saturated carbocycles. The van der Waals surface area contributed by atoms with E-state index in [2.05, 4.69) is 5.32 Å². The van der Waals surface area contributed by atoms with Crippen molar-refractivity contribution < 1.29 is 19.0 Å². The Bertz CT molecular complexity index is 686. The van der Waals surface area contributed by atoms with Crippen LogP contribution in [0.25, 0.3) is 0 Å². The van der Waals surface area contributed by atoms with Gasteiger partial charge < -0.3 is 19.5 Å². The van der Waals surface area contributed by atoms with Gasteiger partial charge in [-0.05, 0) is 36.8 Å². The van der Waals surface area contributed by atoms with E-state index in [-0.39, 0.29) is 12.5 Å². The molecule has 1 aliphatic heterocycles. The van der Waals surface area contributed by atoms with Gasteiger partial charge in [0.15, 0.2) is 11.5 Å². The highest BCUT2D eigenvalue weighted by Gasteiger charge is 2.26. The van der Waals surface area contributed by atoms with Crippen LogP contribution in [0.15, 0.2) is 48.5 Å². The quantitative estimate of drug-likeness (QED) is 0.921. The van der Waals surface area contributed by atoms with Crippen molar-refractivity contribution in [1.82, 2.24) is 5.32 Å². The topological polar surface area (TPSA) is 56.8 Å². The predicted octanol–water partition coefficient (Wildman–Crippen LogP) is 2.54. The van der Waals surface area contributed by atoms with Gasteiger partial charge in [-0.25, -0.2) is 0 Å². The Balaban J connectivity index is 1.57. The molecule has 0 radical (unpaired) electrons. The third-order valence-electron chi connectivity index (χ3n) is 3.48. The van der Waals surface area contributed by atoms with Crippen LogP contribution >= 0.6 is 0 Å². The van der Waals surface area contributed by atoms with E-state index in [4.69, 9.17) is 14.2 Å². The van der Waals surface area contributed by atoms with E-state index in [1.165, 1.54) is 0 Å². The van der Waals surface area contributed by atoms with Gasteiger partial charge in [-0.15, -0.1) is 0 Å². The Morgan fingerprint density at radius 2 is 2.04 bits per heavy atom. The van der Waals surface area contributed by atoms with Gasteiger partial charge in [-0.3, -0.25) is 4.79 Å². The first-order valence-corrected chi connectivity index (χ1v) is 7.64. The van der Waals surface area contributed by atoms with Crippen molar-refractivity contribution in [2.45, 2.75) is 19.6 Å². The van der Waals surface area contributed by atoms with Crippen molar-refractivity contribution in [3.05, 3.63) is 54.1 Å². The zero-order valence-corrected chi connectivity index (χ0v) is 13.0. The molecule has 0 saturated heterocycles. The van der Waals surface area contributed by atoms with Crippen LogP contribution in [0.3, 0.4) is 0 Å². The number of hydrogen-bond acceptors (Lipinski definition) is 4. The maximum atomic E-state index is 12.2. The first-order valence-electron chi connectivity index (χ1n) is 7.64. The summed E-state index contributed by atoms with van der Waals surface area (Å²) in [7, 11) is 0. The Kier molecular flexibility index (Phi) is 4.66. The van der Waals surface area contributed by atoms with Gasteiger partial charge in [0.1, 0.15) is 12.4 Å². The molecule has 1 heterocycles. The highest BCUT2D eigenvalue weighted by Crippen LogP contribution is 2.30. The lowest BCUT2D eigenvalue weighted by molar-refractivity contribution is -0.130. The molecular weight excluding hydrogens is 294 g/mol. The number of hydrogen-bond donors (Lipinski definition) is 1. The van der Waals surface area contributed by atoms with E-state index in [0.717, 1.165) is 11.3 Å². The monoisotopic (exact) mass is 313 g/mol. The van der Waals surface area contributed by atoms with Gasteiger partial charge in [-0.1, -0.05) is 24.3 Å². The van der Waals surface area contributed by atoms with Crippen LogP contribution in [0.1, 0.15) is 12.5 Å². The molecule has 5 nitrogen and oxygen atoms in total. The summed E-state index contributed by atoms with van der Waals surface area (Å²) in [4.78, 5) is 12.2. The summed E-state index contributed by atoms with van der Waals surface area (Å²) in [6.07, 6.45) is -0.639. The van der Waals surface area contributed by atoms with Crippen LogP contribution in [0.4, 0.5) is 0 Å². The zero-order chi connectivity index (χ0) is 16.1. The number of para-hydroxylation sites is 2. The number of benzene rings is 2. The molecule has 23 heavy (non-hydrogen) atoms. The van der Waals surface area contributed by atoms with Crippen molar-refractivity contribution in [3.63, 3.8) is 0 Å². The number of amides is 1. The van der Waals surface area contributed by atoms with Crippen molar-refractivity contribution in [1.29, 1.82) is 0 Å². The fourth-order valence-electron chi connectivity index (χ4n) is 2.36. The lowest BCUT2D eigenvalue weighted by Gasteiger charge is -2.25. The largest absolute Gasteiger partial charge is 0.494 e. The minimum atomic E-state index is -0.639. The number of nitrogens with one attached hydrogen (secondary N) is 1. The third-order valence-corrected chi connectivity index (χ3v) is 3.48. The van der Waals surface area contributed by atoms with Gasteiger partial charge >= 0.3 is 0 Å². The molecule has 0 unspecified atom stereocenters. The van der Waals surface area contributed by atoms with Crippen LogP contribution in [0, 0.1) is 0 Å². The fourth-order valence-corrected chi connectivity index (χ4v) is 2.36. The van der Waals surface area contributed by atoms with Crippen LogP contribution in [0.2, 0.25) is 0 Å². The first-order chi connectivity index (χ1) is 11.3. The molecule has 0 bridgehead atoms. The minimum absolute atomic E-state index is 0.193. The second-order valence-electron chi connectivity index (χ2n) is 5.16. The number of ether oxygens (including phenoxy) is 3. The summed E-state index contributed by atoms with van der Waals surface area (Å²) in [5, 5.41) is 2.87. The minimum Gasteiger partial charge on any atom is -0.494 e. The third kappa shape index (κ3) is 3.74. The number of carbonyl (C=O) groups excluding carboxylic acids is 1. The van der Waals surface area contributed by atoms with Gasteiger partial charge in [0.05, 0.1) is 6.61 Å². The van der Waals surface area contributed by atoms with E-state index in [9.17, 15) is 4.79 Å². The smallest absolute Gasteiger partial charge is 0.264 e. The summed E-state index contributed by atoms with van der Waals surface area (Å²) < 4.78 is 16.7. The normalized spacial score (nSPS) is 15.8. The fraction of sp³-hybridized carbons (Fsp3) is 0.278. The van der Waals surface area contributed by atoms with Gasteiger partial charge in [0.2, 0.25) is 6.10 Å². The zero-order valence-electron chi connectivity index (χ0n) is 13.0. The van der Waals surface area contributed by atoms with E-state index >= 15 is 0 Å². The van der Waals surface area contributed by atoms with E-state index in [1.807, 2.05) is 49.4 Å². The molecule has 1 N–H and O–H groups in total. The molecule has 0 spiro atoms. The predicted molar refractivity (Wildman–Crippen MR) is 85.8 cm³/mol. The molecule has 1 amide bonds. The summed E-state index contributed by atoms with van der Waals surface area (Å²) in [5.41, 5.74) is 0.974. The summed E-state index contributed by atoms with van der Waals surface area (Å²) >= 11 is 0. The molecule has 120 valence electrons. The Labute approximate surface area is 135 Å².